The number of aromatic nitrogens is 4. The molecule has 1 atom stereocenters. The van der Waals surface area contributed by atoms with Crippen molar-refractivity contribution in [3.8, 4) is 11.3 Å². The van der Waals surface area contributed by atoms with Crippen molar-refractivity contribution < 1.29 is 9.53 Å². The zero-order chi connectivity index (χ0) is 16.9. The van der Waals surface area contributed by atoms with Crippen LogP contribution in [0.15, 0.2) is 18.7 Å². The highest BCUT2D eigenvalue weighted by atomic mass is 16.5. The Bertz CT molecular complexity index is 672. The van der Waals surface area contributed by atoms with Gasteiger partial charge in [-0.3, -0.25) is 5.10 Å². The number of imidazole rings is 1. The van der Waals surface area contributed by atoms with Gasteiger partial charge in [0.1, 0.15) is 0 Å². The maximum Gasteiger partial charge on any atom is 0.357 e. The SMILES string of the molecule is CCOC(=O)c1[nH]ncc1-c1cncn1[C@H](CC)CN1CCCC1. The number of carbonyl (C=O) groups excluding carboxylic acids is 1. The standard InChI is InChI=1S/C17H25N5O2/c1-3-13(11-21-7-5-6-8-21)22-12-18-10-15(22)14-9-19-20-16(14)17(23)24-4-2/h9-10,12-13H,3-8,11H2,1-2H3,(H,19,20)/t13-/m1/s1. The molecule has 0 saturated carbocycles. The number of nitrogens with one attached hydrogen (secondary N) is 1. The lowest BCUT2D eigenvalue weighted by atomic mass is 10.1. The molecular formula is C17H25N5O2. The van der Waals surface area contributed by atoms with Gasteiger partial charge in [0.2, 0.25) is 0 Å². The van der Waals surface area contributed by atoms with Crippen molar-refractivity contribution in [1.82, 2.24) is 24.6 Å². The summed E-state index contributed by atoms with van der Waals surface area (Å²) in [5.74, 6) is -0.384. The van der Waals surface area contributed by atoms with E-state index in [-0.39, 0.29) is 5.97 Å². The summed E-state index contributed by atoms with van der Waals surface area (Å²) in [6.07, 6.45) is 8.88. The van der Waals surface area contributed by atoms with E-state index in [4.69, 9.17) is 4.74 Å². The summed E-state index contributed by atoms with van der Waals surface area (Å²) in [5, 5.41) is 6.79. The zero-order valence-electron chi connectivity index (χ0n) is 14.4. The molecule has 1 saturated heterocycles. The number of H-pyrrole nitrogens is 1. The van der Waals surface area contributed by atoms with E-state index in [1.807, 2.05) is 6.33 Å². The molecule has 3 rings (SSSR count). The molecule has 0 amide bonds. The van der Waals surface area contributed by atoms with Crippen molar-refractivity contribution in [2.24, 2.45) is 0 Å². The molecule has 0 bridgehead atoms. The summed E-state index contributed by atoms with van der Waals surface area (Å²) >= 11 is 0. The summed E-state index contributed by atoms with van der Waals surface area (Å²) in [7, 11) is 0. The van der Waals surface area contributed by atoms with Crippen LogP contribution in [0.25, 0.3) is 11.3 Å². The highest BCUT2D eigenvalue weighted by molar-refractivity contribution is 5.94. The van der Waals surface area contributed by atoms with Crippen LogP contribution >= 0.6 is 0 Å². The molecule has 3 heterocycles. The summed E-state index contributed by atoms with van der Waals surface area (Å²) in [6.45, 7) is 7.66. The molecule has 2 aromatic rings. The Morgan fingerprint density at radius 2 is 2.12 bits per heavy atom. The molecule has 0 radical (unpaired) electrons. The van der Waals surface area contributed by atoms with Gasteiger partial charge < -0.3 is 14.2 Å². The first-order valence-corrected chi connectivity index (χ1v) is 8.69. The van der Waals surface area contributed by atoms with Gasteiger partial charge >= 0.3 is 5.97 Å². The van der Waals surface area contributed by atoms with E-state index in [1.54, 1.807) is 19.3 Å². The van der Waals surface area contributed by atoms with Gasteiger partial charge in [0.15, 0.2) is 5.69 Å². The quantitative estimate of drug-likeness (QED) is 0.789. The summed E-state index contributed by atoms with van der Waals surface area (Å²) < 4.78 is 7.27. The Kier molecular flexibility index (Phi) is 5.30. The predicted octanol–water partition coefficient (Wildman–Crippen LogP) is 2.50. The molecule has 2 aromatic heterocycles. The second kappa shape index (κ2) is 7.61. The van der Waals surface area contributed by atoms with Crippen LogP contribution in [0.5, 0.6) is 0 Å². The molecule has 0 unspecified atom stereocenters. The number of hydrogen-bond donors (Lipinski definition) is 1. The molecule has 1 aliphatic heterocycles. The van der Waals surface area contributed by atoms with Crippen LogP contribution in [0.4, 0.5) is 0 Å². The van der Waals surface area contributed by atoms with E-state index in [9.17, 15) is 4.79 Å². The third-order valence-corrected chi connectivity index (χ3v) is 4.59. The van der Waals surface area contributed by atoms with Crippen LogP contribution in [-0.4, -0.2) is 56.9 Å². The Morgan fingerprint density at radius 1 is 1.33 bits per heavy atom. The molecule has 0 aliphatic carbocycles. The normalized spacial score (nSPS) is 16.4. The summed E-state index contributed by atoms with van der Waals surface area (Å²) in [4.78, 5) is 18.9. The van der Waals surface area contributed by atoms with Crippen LogP contribution in [-0.2, 0) is 4.74 Å². The fourth-order valence-corrected chi connectivity index (χ4v) is 3.32. The van der Waals surface area contributed by atoms with Crippen LogP contribution in [0, 0.1) is 0 Å². The van der Waals surface area contributed by atoms with Gasteiger partial charge in [0.05, 0.1) is 36.6 Å². The first-order valence-electron chi connectivity index (χ1n) is 8.69. The monoisotopic (exact) mass is 331 g/mol. The maximum absolute atomic E-state index is 12.1. The van der Waals surface area contributed by atoms with Crippen LogP contribution in [0.1, 0.15) is 49.6 Å². The molecular weight excluding hydrogens is 306 g/mol. The van der Waals surface area contributed by atoms with Gasteiger partial charge in [-0.1, -0.05) is 6.92 Å². The minimum Gasteiger partial charge on any atom is -0.461 e. The Labute approximate surface area is 142 Å². The van der Waals surface area contributed by atoms with E-state index < -0.39 is 0 Å². The van der Waals surface area contributed by atoms with Gasteiger partial charge in [0.25, 0.3) is 0 Å². The van der Waals surface area contributed by atoms with Crippen molar-refractivity contribution in [2.45, 2.75) is 39.2 Å². The van der Waals surface area contributed by atoms with Gasteiger partial charge in [-0.2, -0.15) is 5.10 Å². The highest BCUT2D eigenvalue weighted by Gasteiger charge is 2.23. The lowest BCUT2D eigenvalue weighted by Gasteiger charge is -2.25. The Hall–Kier alpha value is -2.15. The van der Waals surface area contributed by atoms with Crippen molar-refractivity contribution in [3.63, 3.8) is 0 Å². The minimum absolute atomic E-state index is 0.325. The number of ether oxygens (including phenoxy) is 1. The highest BCUT2D eigenvalue weighted by Crippen LogP contribution is 2.27. The number of esters is 1. The fraction of sp³-hybridized carbons (Fsp3) is 0.588. The first-order chi connectivity index (χ1) is 11.7. The predicted molar refractivity (Wildman–Crippen MR) is 90.8 cm³/mol. The third kappa shape index (κ3) is 3.36. The van der Waals surface area contributed by atoms with E-state index in [1.165, 1.54) is 25.9 Å². The third-order valence-electron chi connectivity index (χ3n) is 4.59. The van der Waals surface area contributed by atoms with Gasteiger partial charge in [-0.25, -0.2) is 9.78 Å². The molecule has 7 heteroatoms. The van der Waals surface area contributed by atoms with E-state index in [0.29, 0.717) is 18.3 Å². The molecule has 7 nitrogen and oxygen atoms in total. The van der Waals surface area contributed by atoms with Crippen molar-refractivity contribution >= 4 is 5.97 Å². The van der Waals surface area contributed by atoms with Crippen molar-refractivity contribution in [2.75, 3.05) is 26.2 Å². The largest absolute Gasteiger partial charge is 0.461 e. The second-order valence-electron chi connectivity index (χ2n) is 6.14. The molecule has 1 N–H and O–H groups in total. The van der Waals surface area contributed by atoms with Crippen LogP contribution in [0.2, 0.25) is 0 Å². The van der Waals surface area contributed by atoms with E-state index >= 15 is 0 Å². The average molecular weight is 331 g/mol. The van der Waals surface area contributed by atoms with Gasteiger partial charge in [-0.15, -0.1) is 0 Å². The fourth-order valence-electron chi connectivity index (χ4n) is 3.32. The number of rotatable bonds is 7. The van der Waals surface area contributed by atoms with E-state index in [0.717, 1.165) is 24.2 Å². The smallest absolute Gasteiger partial charge is 0.357 e. The molecule has 1 fully saturated rings. The number of carbonyl (C=O) groups is 1. The van der Waals surface area contributed by atoms with Crippen LogP contribution < -0.4 is 0 Å². The number of hydrogen-bond acceptors (Lipinski definition) is 5. The van der Waals surface area contributed by atoms with Crippen molar-refractivity contribution in [3.05, 3.63) is 24.4 Å². The lowest BCUT2D eigenvalue weighted by molar-refractivity contribution is 0.0520. The number of nitrogens with zero attached hydrogens (tertiary/aromatic N) is 4. The second-order valence-corrected chi connectivity index (χ2v) is 6.14. The zero-order valence-corrected chi connectivity index (χ0v) is 14.4. The van der Waals surface area contributed by atoms with Crippen LogP contribution in [0.3, 0.4) is 0 Å². The van der Waals surface area contributed by atoms with E-state index in [2.05, 4.69) is 31.6 Å². The first kappa shape index (κ1) is 16.7. The number of likely N-dealkylation sites (tertiary alicyclic amines) is 1. The van der Waals surface area contributed by atoms with Gasteiger partial charge in [-0.05, 0) is 39.3 Å². The Balaban J connectivity index is 1.87. The minimum atomic E-state index is -0.384. The number of aromatic amines is 1. The molecule has 1 aliphatic rings. The average Bonchev–Trinajstić information content (AvgIpc) is 3.31. The topological polar surface area (TPSA) is 76.0 Å². The molecule has 24 heavy (non-hydrogen) atoms. The van der Waals surface area contributed by atoms with Gasteiger partial charge in [0, 0.05) is 12.6 Å². The van der Waals surface area contributed by atoms with Crippen molar-refractivity contribution in [1.29, 1.82) is 0 Å². The molecule has 0 aromatic carbocycles. The summed E-state index contributed by atoms with van der Waals surface area (Å²) in [5.41, 5.74) is 2.03. The maximum atomic E-state index is 12.1. The molecule has 130 valence electrons. The lowest BCUT2D eigenvalue weighted by Crippen LogP contribution is -2.28. The molecule has 0 spiro atoms. The summed E-state index contributed by atoms with van der Waals surface area (Å²) in [6, 6.07) is 0.325. The Morgan fingerprint density at radius 3 is 2.83 bits per heavy atom.